The van der Waals surface area contributed by atoms with E-state index in [-0.39, 0.29) is 29.5 Å². The summed E-state index contributed by atoms with van der Waals surface area (Å²) >= 11 is 0. The van der Waals surface area contributed by atoms with E-state index < -0.39 is 15.9 Å². The van der Waals surface area contributed by atoms with Gasteiger partial charge < -0.3 is 15.0 Å². The van der Waals surface area contributed by atoms with Gasteiger partial charge in [0.15, 0.2) is 0 Å². The fourth-order valence-electron chi connectivity index (χ4n) is 3.57. The third-order valence-electron chi connectivity index (χ3n) is 5.34. The van der Waals surface area contributed by atoms with Gasteiger partial charge in [0.05, 0.1) is 11.5 Å². The lowest BCUT2D eigenvalue weighted by Crippen LogP contribution is -2.34. The van der Waals surface area contributed by atoms with Gasteiger partial charge in [-0.05, 0) is 55.2 Å². The van der Waals surface area contributed by atoms with Crippen LogP contribution in [0, 0.1) is 6.92 Å². The summed E-state index contributed by atoms with van der Waals surface area (Å²) in [6.45, 7) is 3.39. The van der Waals surface area contributed by atoms with E-state index in [0.29, 0.717) is 24.2 Å². The number of aryl methyl sites for hydroxylation is 1. The number of piperidine rings is 1. The van der Waals surface area contributed by atoms with E-state index in [1.54, 1.807) is 19.1 Å². The van der Waals surface area contributed by atoms with Crippen molar-refractivity contribution in [3.8, 4) is 0 Å². The van der Waals surface area contributed by atoms with Crippen molar-refractivity contribution >= 4 is 27.5 Å². The largest absolute Gasteiger partial charge is 0.383 e. The summed E-state index contributed by atoms with van der Waals surface area (Å²) in [5.41, 5.74) is 2.45. The molecule has 0 saturated carbocycles. The lowest BCUT2D eigenvalue weighted by atomic mass is 10.1. The van der Waals surface area contributed by atoms with Crippen LogP contribution in [-0.4, -0.2) is 51.9 Å². The molecule has 1 aliphatic heterocycles. The number of sulfonamides is 1. The standard InChI is InChI=1S/C23H29N3O5S/c1-17-9-10-20(32(29,30)24-11-13-31-2)15-21(17)23(28)25-19-7-5-6-18(14-19)16-26-12-4-3-8-22(26)27/h5-7,9-10,14-15,24H,3-4,8,11-13,16H2,1-2H3,(H,25,28). The number of ether oxygens (including phenoxy) is 1. The zero-order valence-corrected chi connectivity index (χ0v) is 19.2. The molecule has 3 rings (SSSR count). The molecule has 8 nitrogen and oxygen atoms in total. The Morgan fingerprint density at radius 1 is 1.16 bits per heavy atom. The Morgan fingerprint density at radius 3 is 2.72 bits per heavy atom. The number of hydrogen-bond acceptors (Lipinski definition) is 5. The Bertz CT molecular complexity index is 1080. The summed E-state index contributed by atoms with van der Waals surface area (Å²) in [4.78, 5) is 26.8. The maximum atomic E-state index is 12.9. The summed E-state index contributed by atoms with van der Waals surface area (Å²) in [6, 6.07) is 11.8. The number of hydrogen-bond donors (Lipinski definition) is 2. The molecule has 1 fully saturated rings. The second kappa shape index (κ2) is 10.7. The van der Waals surface area contributed by atoms with Crippen molar-refractivity contribution in [2.75, 3.05) is 32.1 Å². The molecule has 0 spiro atoms. The molecule has 9 heteroatoms. The van der Waals surface area contributed by atoms with Crippen LogP contribution in [0.4, 0.5) is 5.69 Å². The summed E-state index contributed by atoms with van der Waals surface area (Å²) in [5, 5.41) is 2.84. The summed E-state index contributed by atoms with van der Waals surface area (Å²) in [6.07, 6.45) is 2.51. The number of likely N-dealkylation sites (tertiary alicyclic amines) is 1. The molecule has 2 aromatic carbocycles. The van der Waals surface area contributed by atoms with Crippen molar-refractivity contribution in [1.29, 1.82) is 0 Å². The number of carbonyl (C=O) groups excluding carboxylic acids is 2. The molecule has 0 bridgehead atoms. The van der Waals surface area contributed by atoms with E-state index in [4.69, 9.17) is 4.74 Å². The van der Waals surface area contributed by atoms with Crippen molar-refractivity contribution in [2.24, 2.45) is 0 Å². The van der Waals surface area contributed by atoms with Gasteiger partial charge in [0, 0.05) is 44.4 Å². The number of rotatable bonds is 9. The van der Waals surface area contributed by atoms with Gasteiger partial charge in [-0.3, -0.25) is 9.59 Å². The number of methoxy groups -OCH3 is 1. The highest BCUT2D eigenvalue weighted by Gasteiger charge is 2.19. The van der Waals surface area contributed by atoms with Crippen molar-refractivity contribution in [1.82, 2.24) is 9.62 Å². The fraction of sp³-hybridized carbons (Fsp3) is 0.391. The van der Waals surface area contributed by atoms with Gasteiger partial charge >= 0.3 is 0 Å². The Hall–Kier alpha value is -2.75. The first kappa shape index (κ1) is 23.9. The van der Waals surface area contributed by atoms with E-state index in [2.05, 4.69) is 10.0 Å². The Balaban J connectivity index is 1.73. The first-order valence-electron chi connectivity index (χ1n) is 10.6. The zero-order chi connectivity index (χ0) is 23.1. The van der Waals surface area contributed by atoms with Gasteiger partial charge in [0.2, 0.25) is 15.9 Å². The van der Waals surface area contributed by atoms with Crippen molar-refractivity contribution in [3.05, 3.63) is 59.2 Å². The van der Waals surface area contributed by atoms with Crippen LogP contribution in [0.5, 0.6) is 0 Å². The molecule has 2 aromatic rings. The van der Waals surface area contributed by atoms with Crippen LogP contribution in [-0.2, 0) is 26.1 Å². The molecule has 2 N–H and O–H groups in total. The Labute approximate surface area is 189 Å². The molecule has 1 saturated heterocycles. The van der Waals surface area contributed by atoms with E-state index in [1.165, 1.54) is 19.2 Å². The highest BCUT2D eigenvalue weighted by molar-refractivity contribution is 7.89. The van der Waals surface area contributed by atoms with E-state index >= 15 is 0 Å². The predicted octanol–water partition coefficient (Wildman–Crippen LogP) is 2.68. The molecule has 0 unspecified atom stereocenters. The van der Waals surface area contributed by atoms with Crippen LogP contribution < -0.4 is 10.0 Å². The van der Waals surface area contributed by atoms with Gasteiger partial charge in [-0.2, -0.15) is 0 Å². The van der Waals surface area contributed by atoms with E-state index in [9.17, 15) is 18.0 Å². The van der Waals surface area contributed by atoms with Crippen LogP contribution in [0.1, 0.15) is 40.7 Å². The summed E-state index contributed by atoms with van der Waals surface area (Å²) < 4.78 is 32.3. The topological polar surface area (TPSA) is 105 Å². The van der Waals surface area contributed by atoms with Crippen LogP contribution in [0.25, 0.3) is 0 Å². The average Bonchev–Trinajstić information content (AvgIpc) is 2.76. The average molecular weight is 460 g/mol. The molecule has 1 heterocycles. The van der Waals surface area contributed by atoms with Crippen LogP contribution in [0.15, 0.2) is 47.4 Å². The molecule has 32 heavy (non-hydrogen) atoms. The van der Waals surface area contributed by atoms with E-state index in [0.717, 1.165) is 24.9 Å². The normalized spacial score (nSPS) is 14.4. The van der Waals surface area contributed by atoms with E-state index in [1.807, 2.05) is 23.1 Å². The van der Waals surface area contributed by atoms with Gasteiger partial charge in [0.1, 0.15) is 0 Å². The number of carbonyl (C=O) groups is 2. The monoisotopic (exact) mass is 459 g/mol. The second-order valence-electron chi connectivity index (χ2n) is 7.79. The number of nitrogens with zero attached hydrogens (tertiary/aromatic N) is 1. The number of nitrogens with one attached hydrogen (secondary N) is 2. The van der Waals surface area contributed by atoms with Crippen molar-refractivity contribution in [2.45, 2.75) is 37.6 Å². The lowest BCUT2D eigenvalue weighted by molar-refractivity contribution is -0.133. The third kappa shape index (κ3) is 6.15. The molecule has 0 aromatic heterocycles. The smallest absolute Gasteiger partial charge is 0.255 e. The van der Waals surface area contributed by atoms with Crippen LogP contribution >= 0.6 is 0 Å². The molecule has 172 valence electrons. The van der Waals surface area contributed by atoms with Crippen LogP contribution in [0.2, 0.25) is 0 Å². The minimum Gasteiger partial charge on any atom is -0.383 e. The van der Waals surface area contributed by atoms with Gasteiger partial charge in [0.25, 0.3) is 5.91 Å². The SMILES string of the molecule is COCCNS(=O)(=O)c1ccc(C)c(C(=O)Nc2cccc(CN3CCCCC3=O)c2)c1. The van der Waals surface area contributed by atoms with Crippen molar-refractivity contribution in [3.63, 3.8) is 0 Å². The third-order valence-corrected chi connectivity index (χ3v) is 6.80. The zero-order valence-electron chi connectivity index (χ0n) is 18.4. The summed E-state index contributed by atoms with van der Waals surface area (Å²) in [7, 11) is -2.27. The maximum Gasteiger partial charge on any atom is 0.255 e. The molecule has 0 atom stereocenters. The molecule has 0 aliphatic carbocycles. The minimum atomic E-state index is -3.75. The minimum absolute atomic E-state index is 0.0155. The molecule has 0 radical (unpaired) electrons. The quantitative estimate of drug-likeness (QED) is 0.561. The first-order valence-corrected chi connectivity index (χ1v) is 12.1. The fourth-order valence-corrected chi connectivity index (χ4v) is 4.61. The highest BCUT2D eigenvalue weighted by Crippen LogP contribution is 2.20. The van der Waals surface area contributed by atoms with Gasteiger partial charge in [-0.1, -0.05) is 18.2 Å². The molecule has 1 aliphatic rings. The Kier molecular flexibility index (Phi) is 8.00. The second-order valence-corrected chi connectivity index (χ2v) is 9.56. The molecule has 2 amide bonds. The molecular formula is C23H29N3O5S. The maximum absolute atomic E-state index is 12.9. The first-order chi connectivity index (χ1) is 15.3. The van der Waals surface area contributed by atoms with Crippen molar-refractivity contribution < 1.29 is 22.7 Å². The predicted molar refractivity (Wildman–Crippen MR) is 122 cm³/mol. The molecular weight excluding hydrogens is 430 g/mol. The Morgan fingerprint density at radius 2 is 1.97 bits per heavy atom. The summed E-state index contributed by atoms with van der Waals surface area (Å²) in [5.74, 6) is -0.249. The van der Waals surface area contributed by atoms with Crippen LogP contribution in [0.3, 0.4) is 0 Å². The lowest BCUT2D eigenvalue weighted by Gasteiger charge is -2.26. The van der Waals surface area contributed by atoms with Gasteiger partial charge in [-0.25, -0.2) is 13.1 Å². The highest BCUT2D eigenvalue weighted by atomic mass is 32.2. The van der Waals surface area contributed by atoms with Gasteiger partial charge in [-0.15, -0.1) is 0 Å². The number of amides is 2. The number of benzene rings is 2. The number of anilines is 1.